The fourth-order valence-electron chi connectivity index (χ4n) is 1.69. The Bertz CT molecular complexity index is 618. The van der Waals surface area contributed by atoms with Gasteiger partial charge in [-0.2, -0.15) is 0 Å². The third-order valence-corrected chi connectivity index (χ3v) is 4.76. The van der Waals surface area contributed by atoms with E-state index in [1.54, 1.807) is 0 Å². The zero-order valence-electron chi connectivity index (χ0n) is 11.5. The first-order chi connectivity index (χ1) is 9.79. The maximum atomic E-state index is 12.1. The van der Waals surface area contributed by atoms with Crippen molar-refractivity contribution in [3.63, 3.8) is 0 Å². The van der Waals surface area contributed by atoms with E-state index >= 15 is 0 Å². The number of halogens is 1. The van der Waals surface area contributed by atoms with E-state index in [9.17, 15) is 18.5 Å². The molecule has 0 aromatic heterocycles. The second kappa shape index (κ2) is 7.69. The molecule has 21 heavy (non-hydrogen) atoms. The van der Waals surface area contributed by atoms with Crippen LogP contribution in [0.4, 0.5) is 5.69 Å². The number of nitrogens with one attached hydrogen (secondary N) is 1. The van der Waals surface area contributed by atoms with Crippen molar-refractivity contribution < 1.29 is 18.4 Å². The van der Waals surface area contributed by atoms with Crippen LogP contribution in [-0.2, 0) is 10.0 Å². The molecule has 1 aromatic rings. The third kappa shape index (κ3) is 4.92. The molecule has 0 amide bonds. The smallest absolute Gasteiger partial charge is 0.275 e. The number of benzene rings is 1. The summed E-state index contributed by atoms with van der Waals surface area (Å²) < 4.78 is 26.5. The van der Waals surface area contributed by atoms with Crippen LogP contribution in [0.15, 0.2) is 17.0 Å². The van der Waals surface area contributed by atoms with Crippen LogP contribution in [0.25, 0.3) is 0 Å². The normalized spacial score (nSPS) is 11.6. The number of nitro groups is 1. The van der Waals surface area contributed by atoms with Gasteiger partial charge in [0.1, 0.15) is 0 Å². The highest BCUT2D eigenvalue weighted by Gasteiger charge is 2.22. The molecule has 0 aliphatic rings. The zero-order chi connectivity index (χ0) is 16.0. The van der Waals surface area contributed by atoms with Crippen LogP contribution in [0.5, 0.6) is 0 Å². The summed E-state index contributed by atoms with van der Waals surface area (Å²) in [5.41, 5.74) is -0.105. The summed E-state index contributed by atoms with van der Waals surface area (Å²) in [7, 11) is -3.84. The molecular formula is C12H17ClN2O5S. The monoisotopic (exact) mass is 336 g/mol. The summed E-state index contributed by atoms with van der Waals surface area (Å²) in [6.07, 6.45) is 1.86. The SMILES string of the molecule is Cc1c(Cl)cc(S(=O)(=O)NCCCCCO)cc1[N+](=O)[O-]. The van der Waals surface area contributed by atoms with Gasteiger partial charge < -0.3 is 5.11 Å². The molecule has 0 atom stereocenters. The molecule has 1 aromatic carbocycles. The van der Waals surface area contributed by atoms with Crippen molar-refractivity contribution in [3.05, 3.63) is 32.8 Å². The van der Waals surface area contributed by atoms with Crippen molar-refractivity contribution in [2.75, 3.05) is 13.2 Å². The molecule has 0 bridgehead atoms. The number of hydrogen-bond acceptors (Lipinski definition) is 5. The number of unbranched alkanes of at least 4 members (excludes halogenated alkanes) is 2. The minimum Gasteiger partial charge on any atom is -0.396 e. The summed E-state index contributed by atoms with van der Waals surface area (Å²) in [5, 5.41) is 19.6. The molecule has 0 saturated heterocycles. The molecule has 9 heteroatoms. The molecule has 0 spiro atoms. The quantitative estimate of drug-likeness (QED) is 0.428. The van der Waals surface area contributed by atoms with Gasteiger partial charge in [0.2, 0.25) is 10.0 Å². The Hall–Kier alpha value is -1.22. The van der Waals surface area contributed by atoms with E-state index < -0.39 is 14.9 Å². The number of sulfonamides is 1. The van der Waals surface area contributed by atoms with E-state index in [2.05, 4.69) is 4.72 Å². The van der Waals surface area contributed by atoms with Crippen LogP contribution in [0.3, 0.4) is 0 Å². The number of hydrogen-bond donors (Lipinski definition) is 2. The van der Waals surface area contributed by atoms with E-state index in [1.807, 2.05) is 0 Å². The van der Waals surface area contributed by atoms with Crippen LogP contribution in [0.2, 0.25) is 5.02 Å². The van der Waals surface area contributed by atoms with Crippen molar-refractivity contribution in [3.8, 4) is 0 Å². The molecule has 0 radical (unpaired) electrons. The lowest BCUT2D eigenvalue weighted by Gasteiger charge is -2.08. The fourth-order valence-corrected chi connectivity index (χ4v) is 3.09. The van der Waals surface area contributed by atoms with Gasteiger partial charge in [-0.15, -0.1) is 0 Å². The van der Waals surface area contributed by atoms with Gasteiger partial charge in [0.25, 0.3) is 5.69 Å². The molecule has 1 rings (SSSR count). The van der Waals surface area contributed by atoms with Gasteiger partial charge in [-0.05, 0) is 32.3 Å². The Morgan fingerprint density at radius 3 is 2.57 bits per heavy atom. The standard InChI is InChI=1S/C12H17ClN2O5S/c1-9-11(13)7-10(8-12(9)15(17)18)21(19,20)14-5-3-2-4-6-16/h7-8,14,16H,2-6H2,1H3. The van der Waals surface area contributed by atoms with Gasteiger partial charge in [0.15, 0.2) is 0 Å². The highest BCUT2D eigenvalue weighted by molar-refractivity contribution is 7.89. The Morgan fingerprint density at radius 2 is 2.00 bits per heavy atom. The molecular weight excluding hydrogens is 320 g/mol. The maximum Gasteiger partial charge on any atom is 0.275 e. The Balaban J connectivity index is 2.91. The lowest BCUT2D eigenvalue weighted by Crippen LogP contribution is -2.25. The van der Waals surface area contributed by atoms with Crippen LogP contribution >= 0.6 is 11.6 Å². The topological polar surface area (TPSA) is 110 Å². The number of rotatable bonds is 8. The highest BCUT2D eigenvalue weighted by Crippen LogP contribution is 2.29. The summed E-state index contributed by atoms with van der Waals surface area (Å²) in [4.78, 5) is 10.00. The van der Waals surface area contributed by atoms with E-state index in [-0.39, 0.29) is 34.3 Å². The molecule has 7 nitrogen and oxygen atoms in total. The molecule has 0 fully saturated rings. The minimum atomic E-state index is -3.84. The van der Waals surface area contributed by atoms with Crippen LogP contribution < -0.4 is 4.72 Å². The van der Waals surface area contributed by atoms with Gasteiger partial charge in [0.05, 0.1) is 14.8 Å². The number of nitrogens with zero attached hydrogens (tertiary/aromatic N) is 1. The Kier molecular flexibility index (Phi) is 6.53. The van der Waals surface area contributed by atoms with Gasteiger partial charge in [0, 0.05) is 24.8 Å². The maximum absolute atomic E-state index is 12.1. The van der Waals surface area contributed by atoms with E-state index in [1.165, 1.54) is 13.0 Å². The highest BCUT2D eigenvalue weighted by atomic mass is 35.5. The van der Waals surface area contributed by atoms with Crippen molar-refractivity contribution in [2.45, 2.75) is 31.1 Å². The average Bonchev–Trinajstić information content (AvgIpc) is 2.40. The summed E-state index contributed by atoms with van der Waals surface area (Å²) >= 11 is 5.85. The molecule has 0 unspecified atom stereocenters. The molecule has 2 N–H and O–H groups in total. The fraction of sp³-hybridized carbons (Fsp3) is 0.500. The second-order valence-corrected chi connectivity index (χ2v) is 6.66. The van der Waals surface area contributed by atoms with Crippen LogP contribution in [-0.4, -0.2) is 31.6 Å². The molecule has 0 heterocycles. The van der Waals surface area contributed by atoms with Gasteiger partial charge in [-0.25, -0.2) is 13.1 Å². The van der Waals surface area contributed by atoms with E-state index in [0.717, 1.165) is 6.07 Å². The van der Waals surface area contributed by atoms with Crippen molar-refractivity contribution in [2.24, 2.45) is 0 Å². The van der Waals surface area contributed by atoms with Crippen molar-refractivity contribution >= 4 is 27.3 Å². The van der Waals surface area contributed by atoms with Gasteiger partial charge in [-0.1, -0.05) is 11.6 Å². The number of nitro benzene ring substituents is 1. The Morgan fingerprint density at radius 1 is 1.33 bits per heavy atom. The zero-order valence-corrected chi connectivity index (χ0v) is 13.1. The third-order valence-electron chi connectivity index (χ3n) is 2.92. The summed E-state index contributed by atoms with van der Waals surface area (Å²) in [6.45, 7) is 1.72. The molecule has 0 aliphatic heterocycles. The molecule has 118 valence electrons. The van der Waals surface area contributed by atoms with Crippen LogP contribution in [0.1, 0.15) is 24.8 Å². The number of aliphatic hydroxyl groups is 1. The predicted molar refractivity (Wildman–Crippen MR) is 79.0 cm³/mol. The van der Waals surface area contributed by atoms with Gasteiger partial charge in [-0.3, -0.25) is 10.1 Å². The summed E-state index contributed by atoms with van der Waals surface area (Å²) in [6, 6.07) is 2.19. The average molecular weight is 337 g/mol. The number of aliphatic hydroxyl groups excluding tert-OH is 1. The lowest BCUT2D eigenvalue weighted by atomic mass is 10.2. The largest absolute Gasteiger partial charge is 0.396 e. The van der Waals surface area contributed by atoms with E-state index in [4.69, 9.17) is 16.7 Å². The minimum absolute atomic E-state index is 0.0323. The predicted octanol–water partition coefficient (Wildman–Crippen LogP) is 2.00. The van der Waals surface area contributed by atoms with Crippen molar-refractivity contribution in [1.29, 1.82) is 0 Å². The first kappa shape index (κ1) is 17.8. The van der Waals surface area contributed by atoms with Crippen LogP contribution in [0, 0.1) is 17.0 Å². The first-order valence-electron chi connectivity index (χ1n) is 6.34. The molecule has 0 aliphatic carbocycles. The molecule has 0 saturated carbocycles. The van der Waals surface area contributed by atoms with Crippen molar-refractivity contribution in [1.82, 2.24) is 4.72 Å². The van der Waals surface area contributed by atoms with Gasteiger partial charge >= 0.3 is 0 Å². The first-order valence-corrected chi connectivity index (χ1v) is 8.20. The Labute approximate surface area is 128 Å². The van der Waals surface area contributed by atoms with E-state index in [0.29, 0.717) is 19.3 Å². The summed E-state index contributed by atoms with van der Waals surface area (Å²) in [5.74, 6) is 0. The lowest BCUT2D eigenvalue weighted by molar-refractivity contribution is -0.385. The second-order valence-electron chi connectivity index (χ2n) is 4.49.